The third-order valence-corrected chi connectivity index (χ3v) is 4.01. The Morgan fingerprint density at radius 1 is 1.04 bits per heavy atom. The van der Waals surface area contributed by atoms with Crippen molar-refractivity contribution >= 4 is 17.3 Å². The molecule has 0 saturated carbocycles. The Hall–Kier alpha value is -2.49. The van der Waals surface area contributed by atoms with Crippen molar-refractivity contribution in [1.29, 1.82) is 0 Å². The number of hydrogen-bond donors (Lipinski definition) is 2. The topological polar surface area (TPSA) is 50.4 Å². The molecule has 4 heteroatoms. The van der Waals surface area contributed by atoms with Crippen molar-refractivity contribution < 1.29 is 9.53 Å². The van der Waals surface area contributed by atoms with Crippen LogP contribution in [0.3, 0.4) is 0 Å². The second-order valence-electron chi connectivity index (χ2n) is 6.40. The number of benzene rings is 2. The van der Waals surface area contributed by atoms with Gasteiger partial charge in [-0.25, -0.2) is 0 Å². The molecule has 2 rings (SSSR count). The van der Waals surface area contributed by atoms with Crippen molar-refractivity contribution in [3.8, 4) is 5.75 Å². The highest BCUT2D eigenvalue weighted by molar-refractivity contribution is 5.94. The fourth-order valence-electron chi connectivity index (χ4n) is 2.80. The van der Waals surface area contributed by atoms with E-state index in [1.54, 1.807) is 0 Å². The van der Waals surface area contributed by atoms with Crippen LogP contribution >= 0.6 is 0 Å². The maximum Gasteiger partial charge on any atom is 0.243 e. The first kappa shape index (κ1) is 18.8. The van der Waals surface area contributed by atoms with Gasteiger partial charge in [-0.2, -0.15) is 0 Å². The van der Waals surface area contributed by atoms with Crippen molar-refractivity contribution in [1.82, 2.24) is 0 Å². The lowest BCUT2D eigenvalue weighted by Crippen LogP contribution is -2.22. The maximum absolute atomic E-state index is 12.2. The average molecular weight is 340 g/mol. The van der Waals surface area contributed by atoms with Crippen molar-refractivity contribution in [2.75, 3.05) is 23.8 Å². The van der Waals surface area contributed by atoms with Crippen LogP contribution in [0, 0.1) is 20.8 Å². The SMILES string of the molecule is CCCCOc1ccc(NC(=O)CNc2c(C)cc(C)cc2C)cc1. The smallest absolute Gasteiger partial charge is 0.243 e. The summed E-state index contributed by atoms with van der Waals surface area (Å²) in [5, 5.41) is 6.14. The van der Waals surface area contributed by atoms with Gasteiger partial charge in [0.15, 0.2) is 0 Å². The monoisotopic (exact) mass is 340 g/mol. The van der Waals surface area contributed by atoms with Gasteiger partial charge in [0, 0.05) is 11.4 Å². The highest BCUT2D eigenvalue weighted by Crippen LogP contribution is 2.21. The summed E-state index contributed by atoms with van der Waals surface area (Å²) in [5.74, 6) is 0.759. The Morgan fingerprint density at radius 2 is 1.68 bits per heavy atom. The Kier molecular flexibility index (Phi) is 6.87. The Bertz CT molecular complexity index is 685. The lowest BCUT2D eigenvalue weighted by molar-refractivity contribution is -0.114. The van der Waals surface area contributed by atoms with Crippen LogP contribution in [-0.2, 0) is 4.79 Å². The van der Waals surface area contributed by atoms with E-state index < -0.39 is 0 Å². The van der Waals surface area contributed by atoms with E-state index in [0.29, 0.717) is 0 Å². The summed E-state index contributed by atoms with van der Waals surface area (Å²) in [5.41, 5.74) is 5.33. The Morgan fingerprint density at radius 3 is 2.28 bits per heavy atom. The number of nitrogens with one attached hydrogen (secondary N) is 2. The number of unbranched alkanes of at least 4 members (excludes halogenated alkanes) is 1. The third-order valence-electron chi connectivity index (χ3n) is 4.01. The van der Waals surface area contributed by atoms with E-state index in [4.69, 9.17) is 4.74 Å². The highest BCUT2D eigenvalue weighted by atomic mass is 16.5. The fourth-order valence-corrected chi connectivity index (χ4v) is 2.80. The predicted molar refractivity (Wildman–Crippen MR) is 105 cm³/mol. The predicted octanol–water partition coefficient (Wildman–Crippen LogP) is 4.84. The molecule has 0 radical (unpaired) electrons. The molecular weight excluding hydrogens is 312 g/mol. The van der Waals surface area contributed by atoms with Gasteiger partial charge in [-0.1, -0.05) is 31.0 Å². The van der Waals surface area contributed by atoms with Crippen LogP contribution in [0.5, 0.6) is 5.75 Å². The molecule has 2 aromatic rings. The summed E-state index contributed by atoms with van der Waals surface area (Å²) in [4.78, 5) is 12.2. The number of ether oxygens (including phenoxy) is 1. The second kappa shape index (κ2) is 9.11. The zero-order chi connectivity index (χ0) is 18.2. The summed E-state index contributed by atoms with van der Waals surface area (Å²) < 4.78 is 5.62. The Labute approximate surface area is 150 Å². The molecule has 2 N–H and O–H groups in total. The van der Waals surface area contributed by atoms with Crippen molar-refractivity contribution in [2.45, 2.75) is 40.5 Å². The molecule has 0 spiro atoms. The van der Waals surface area contributed by atoms with Crippen molar-refractivity contribution in [2.24, 2.45) is 0 Å². The van der Waals surface area contributed by atoms with Gasteiger partial charge in [0.05, 0.1) is 13.2 Å². The second-order valence-corrected chi connectivity index (χ2v) is 6.40. The van der Waals surface area contributed by atoms with Gasteiger partial charge in [0.2, 0.25) is 5.91 Å². The Balaban J connectivity index is 1.86. The van der Waals surface area contributed by atoms with Crippen LogP contribution < -0.4 is 15.4 Å². The number of carbonyl (C=O) groups is 1. The summed E-state index contributed by atoms with van der Waals surface area (Å²) in [6.07, 6.45) is 2.16. The average Bonchev–Trinajstić information content (AvgIpc) is 2.55. The molecule has 0 saturated heterocycles. The first-order valence-electron chi connectivity index (χ1n) is 8.84. The molecule has 1 amide bonds. The van der Waals surface area contributed by atoms with Gasteiger partial charge in [-0.15, -0.1) is 0 Å². The molecule has 0 bridgehead atoms. The van der Waals surface area contributed by atoms with Crippen LogP contribution in [0.2, 0.25) is 0 Å². The molecule has 0 atom stereocenters. The molecule has 134 valence electrons. The van der Waals surface area contributed by atoms with Crippen LogP contribution in [0.15, 0.2) is 36.4 Å². The van der Waals surface area contributed by atoms with E-state index in [1.165, 1.54) is 5.56 Å². The standard InChI is InChI=1S/C21H28N2O2/c1-5-6-11-25-19-9-7-18(8-10-19)23-20(24)14-22-21-16(3)12-15(2)13-17(21)4/h7-10,12-13,22H,5-6,11,14H2,1-4H3,(H,23,24). The van der Waals surface area contributed by atoms with Crippen LogP contribution in [0.1, 0.15) is 36.5 Å². The number of aryl methyl sites for hydroxylation is 3. The van der Waals surface area contributed by atoms with Crippen LogP contribution in [0.25, 0.3) is 0 Å². The van der Waals surface area contributed by atoms with Crippen molar-refractivity contribution in [3.05, 3.63) is 53.1 Å². The molecule has 0 aliphatic carbocycles. The van der Waals surface area contributed by atoms with Gasteiger partial charge in [-0.3, -0.25) is 4.79 Å². The van der Waals surface area contributed by atoms with Gasteiger partial charge in [-0.05, 0) is 62.6 Å². The van der Waals surface area contributed by atoms with Crippen LogP contribution in [-0.4, -0.2) is 19.1 Å². The normalized spacial score (nSPS) is 10.4. The van der Waals surface area contributed by atoms with E-state index in [0.717, 1.165) is 47.7 Å². The van der Waals surface area contributed by atoms with Gasteiger partial charge in [0.25, 0.3) is 0 Å². The summed E-state index contributed by atoms with van der Waals surface area (Å²) in [6.45, 7) is 9.28. The van der Waals surface area contributed by atoms with Crippen molar-refractivity contribution in [3.63, 3.8) is 0 Å². The van der Waals surface area contributed by atoms with E-state index in [1.807, 2.05) is 24.3 Å². The van der Waals surface area contributed by atoms with E-state index >= 15 is 0 Å². The minimum atomic E-state index is -0.0703. The van der Waals surface area contributed by atoms with Gasteiger partial charge in [0.1, 0.15) is 5.75 Å². The molecule has 0 aliphatic heterocycles. The number of rotatable bonds is 8. The molecule has 2 aromatic carbocycles. The maximum atomic E-state index is 12.2. The highest BCUT2D eigenvalue weighted by Gasteiger charge is 2.07. The quantitative estimate of drug-likeness (QED) is 0.676. The molecule has 0 unspecified atom stereocenters. The molecule has 0 heterocycles. The number of hydrogen-bond acceptors (Lipinski definition) is 3. The summed E-state index contributed by atoms with van der Waals surface area (Å²) in [7, 11) is 0. The zero-order valence-corrected chi connectivity index (χ0v) is 15.6. The minimum absolute atomic E-state index is 0.0703. The van der Waals surface area contributed by atoms with Gasteiger partial charge < -0.3 is 15.4 Å². The molecule has 0 fully saturated rings. The lowest BCUT2D eigenvalue weighted by atomic mass is 10.1. The fraction of sp³-hybridized carbons (Fsp3) is 0.381. The molecular formula is C21H28N2O2. The van der Waals surface area contributed by atoms with E-state index in [2.05, 4.69) is 50.5 Å². The van der Waals surface area contributed by atoms with E-state index in [-0.39, 0.29) is 12.5 Å². The first-order valence-corrected chi connectivity index (χ1v) is 8.84. The van der Waals surface area contributed by atoms with Gasteiger partial charge >= 0.3 is 0 Å². The lowest BCUT2D eigenvalue weighted by Gasteiger charge is -2.14. The minimum Gasteiger partial charge on any atom is -0.494 e. The van der Waals surface area contributed by atoms with E-state index in [9.17, 15) is 4.79 Å². The molecule has 0 aliphatic rings. The zero-order valence-electron chi connectivity index (χ0n) is 15.6. The molecule has 25 heavy (non-hydrogen) atoms. The number of amides is 1. The third kappa shape index (κ3) is 5.82. The number of anilines is 2. The largest absolute Gasteiger partial charge is 0.494 e. The first-order chi connectivity index (χ1) is 12.0. The molecule has 4 nitrogen and oxygen atoms in total. The molecule has 0 aromatic heterocycles. The summed E-state index contributed by atoms with van der Waals surface area (Å²) in [6, 6.07) is 11.7. The van der Waals surface area contributed by atoms with Crippen LogP contribution in [0.4, 0.5) is 11.4 Å². The summed E-state index contributed by atoms with van der Waals surface area (Å²) >= 11 is 0. The number of carbonyl (C=O) groups excluding carboxylic acids is 1.